The molecule has 0 radical (unpaired) electrons. The van der Waals surface area contributed by atoms with Gasteiger partial charge < -0.3 is 14.8 Å². The van der Waals surface area contributed by atoms with Crippen molar-refractivity contribution in [3.8, 4) is 0 Å². The highest BCUT2D eigenvalue weighted by Crippen LogP contribution is 1.99. The first-order chi connectivity index (χ1) is 6.24. The molecule has 4 nitrogen and oxygen atoms in total. The van der Waals surface area contributed by atoms with Gasteiger partial charge >= 0.3 is 5.97 Å². The van der Waals surface area contributed by atoms with E-state index in [1.165, 1.54) is 7.11 Å². The lowest BCUT2D eigenvalue weighted by molar-refractivity contribution is -0.136. The maximum absolute atomic E-state index is 10.9. The zero-order chi connectivity index (χ0) is 9.68. The maximum atomic E-state index is 10.9. The number of nitrogens with one attached hydrogen (secondary N) is 1. The van der Waals surface area contributed by atoms with Crippen molar-refractivity contribution in [1.82, 2.24) is 5.32 Å². The molecule has 1 aliphatic heterocycles. The Morgan fingerprint density at radius 1 is 1.69 bits per heavy atom. The Kier molecular flexibility index (Phi) is 3.92. The second-order valence-corrected chi connectivity index (χ2v) is 3.02. The van der Waals surface area contributed by atoms with Crippen LogP contribution in [0, 0.1) is 0 Å². The quantitative estimate of drug-likeness (QED) is 0.498. The van der Waals surface area contributed by atoms with Crippen LogP contribution in [0.4, 0.5) is 0 Å². The number of methoxy groups -OCH3 is 1. The summed E-state index contributed by atoms with van der Waals surface area (Å²) in [6.45, 7) is 3.97. The maximum Gasteiger partial charge on any atom is 0.333 e. The summed E-state index contributed by atoms with van der Waals surface area (Å²) in [5.74, 6) is -0.272. The van der Waals surface area contributed by atoms with Crippen molar-refractivity contribution in [2.24, 2.45) is 0 Å². The molecule has 0 spiro atoms. The molecule has 0 atom stereocenters. The first kappa shape index (κ1) is 10.2. The Hall–Kier alpha value is -0.870. The molecule has 0 aliphatic carbocycles. The normalized spacial score (nSPS) is 18.2. The second-order valence-electron chi connectivity index (χ2n) is 3.02. The molecule has 0 bridgehead atoms. The lowest BCUT2D eigenvalue weighted by atomic mass is 10.2. The van der Waals surface area contributed by atoms with Gasteiger partial charge in [0.2, 0.25) is 0 Å². The molecule has 1 rings (SSSR count). The van der Waals surface area contributed by atoms with Gasteiger partial charge in [0.15, 0.2) is 0 Å². The molecular weight excluding hydrogens is 170 g/mol. The molecule has 4 heteroatoms. The average molecular weight is 185 g/mol. The monoisotopic (exact) mass is 185 g/mol. The molecule has 1 aliphatic rings. The number of ether oxygens (including phenoxy) is 2. The SMILES string of the molecule is COC(=O)C(C)=CCNC1COC1. The summed E-state index contributed by atoms with van der Waals surface area (Å²) in [6.07, 6.45) is 1.82. The Balaban J connectivity index is 2.17. The predicted molar refractivity (Wildman–Crippen MR) is 48.4 cm³/mol. The number of hydrogen-bond acceptors (Lipinski definition) is 4. The lowest BCUT2D eigenvalue weighted by Gasteiger charge is -2.26. The molecule has 0 saturated carbocycles. The van der Waals surface area contributed by atoms with E-state index < -0.39 is 0 Å². The van der Waals surface area contributed by atoms with Crippen LogP contribution < -0.4 is 5.32 Å². The van der Waals surface area contributed by atoms with Crippen LogP contribution in [0.3, 0.4) is 0 Å². The van der Waals surface area contributed by atoms with Crippen molar-refractivity contribution in [3.05, 3.63) is 11.6 Å². The highest BCUT2D eigenvalue weighted by molar-refractivity contribution is 5.87. The number of carbonyl (C=O) groups excluding carboxylic acids is 1. The topological polar surface area (TPSA) is 47.6 Å². The molecule has 0 aromatic rings. The number of esters is 1. The minimum absolute atomic E-state index is 0.272. The van der Waals surface area contributed by atoms with E-state index in [0.29, 0.717) is 18.2 Å². The van der Waals surface area contributed by atoms with E-state index in [-0.39, 0.29) is 5.97 Å². The fraction of sp³-hybridized carbons (Fsp3) is 0.667. The summed E-state index contributed by atoms with van der Waals surface area (Å²) in [5, 5.41) is 3.22. The smallest absolute Gasteiger partial charge is 0.333 e. The van der Waals surface area contributed by atoms with E-state index in [0.717, 1.165) is 13.2 Å². The summed E-state index contributed by atoms with van der Waals surface area (Å²) in [4.78, 5) is 10.9. The van der Waals surface area contributed by atoms with Crippen molar-refractivity contribution >= 4 is 5.97 Å². The molecule has 74 valence electrons. The van der Waals surface area contributed by atoms with Crippen LogP contribution in [-0.4, -0.2) is 38.9 Å². The van der Waals surface area contributed by atoms with Gasteiger partial charge in [0, 0.05) is 12.1 Å². The fourth-order valence-corrected chi connectivity index (χ4v) is 0.977. The summed E-state index contributed by atoms with van der Waals surface area (Å²) < 4.78 is 9.54. The highest BCUT2D eigenvalue weighted by Gasteiger charge is 2.16. The van der Waals surface area contributed by atoms with Crippen molar-refractivity contribution < 1.29 is 14.3 Å². The van der Waals surface area contributed by atoms with Gasteiger partial charge in [-0.15, -0.1) is 0 Å². The molecule has 1 heterocycles. The van der Waals surface area contributed by atoms with Crippen LogP contribution in [0.25, 0.3) is 0 Å². The number of carbonyl (C=O) groups is 1. The van der Waals surface area contributed by atoms with Gasteiger partial charge in [-0.25, -0.2) is 4.79 Å². The van der Waals surface area contributed by atoms with Crippen molar-refractivity contribution in [2.45, 2.75) is 13.0 Å². The molecule has 13 heavy (non-hydrogen) atoms. The minimum atomic E-state index is -0.272. The Labute approximate surface area is 77.9 Å². The van der Waals surface area contributed by atoms with Crippen LogP contribution in [-0.2, 0) is 14.3 Å². The van der Waals surface area contributed by atoms with Crippen molar-refractivity contribution in [1.29, 1.82) is 0 Å². The second kappa shape index (κ2) is 4.99. The zero-order valence-electron chi connectivity index (χ0n) is 8.00. The minimum Gasteiger partial charge on any atom is -0.466 e. The first-order valence-electron chi connectivity index (χ1n) is 4.30. The Morgan fingerprint density at radius 3 is 2.85 bits per heavy atom. The van der Waals surface area contributed by atoms with Gasteiger partial charge in [0.05, 0.1) is 26.4 Å². The molecule has 1 N–H and O–H groups in total. The lowest BCUT2D eigenvalue weighted by Crippen LogP contribution is -2.45. The Morgan fingerprint density at radius 2 is 2.38 bits per heavy atom. The highest BCUT2D eigenvalue weighted by atomic mass is 16.5. The first-order valence-corrected chi connectivity index (χ1v) is 4.30. The van der Waals surface area contributed by atoms with E-state index >= 15 is 0 Å². The molecular formula is C9H15NO3. The number of rotatable bonds is 4. The standard InChI is InChI=1S/C9H15NO3/c1-7(9(11)12-2)3-4-10-8-5-13-6-8/h3,8,10H,4-6H2,1-2H3. The largest absolute Gasteiger partial charge is 0.466 e. The summed E-state index contributed by atoms with van der Waals surface area (Å²) in [7, 11) is 1.38. The van der Waals surface area contributed by atoms with Crippen LogP contribution in [0.5, 0.6) is 0 Å². The van der Waals surface area contributed by atoms with E-state index in [9.17, 15) is 4.79 Å². The van der Waals surface area contributed by atoms with Crippen LogP contribution in [0.1, 0.15) is 6.92 Å². The van der Waals surface area contributed by atoms with Gasteiger partial charge in [-0.1, -0.05) is 6.08 Å². The van der Waals surface area contributed by atoms with Crippen LogP contribution in [0.2, 0.25) is 0 Å². The van der Waals surface area contributed by atoms with E-state index in [2.05, 4.69) is 10.1 Å². The van der Waals surface area contributed by atoms with Gasteiger partial charge in [-0.05, 0) is 6.92 Å². The summed E-state index contributed by atoms with van der Waals surface area (Å²) in [5.41, 5.74) is 0.634. The fourth-order valence-electron chi connectivity index (χ4n) is 0.977. The molecule has 1 fully saturated rings. The molecule has 1 saturated heterocycles. The zero-order valence-corrected chi connectivity index (χ0v) is 8.00. The molecule has 0 aromatic carbocycles. The number of hydrogen-bond donors (Lipinski definition) is 1. The summed E-state index contributed by atoms with van der Waals surface area (Å²) >= 11 is 0. The third-order valence-corrected chi connectivity index (χ3v) is 1.96. The Bertz CT molecular complexity index is 209. The van der Waals surface area contributed by atoms with Crippen LogP contribution >= 0.6 is 0 Å². The van der Waals surface area contributed by atoms with Gasteiger partial charge in [-0.3, -0.25) is 0 Å². The predicted octanol–water partition coefficient (Wildman–Crippen LogP) is 0.0941. The van der Waals surface area contributed by atoms with E-state index in [1.54, 1.807) is 6.92 Å². The van der Waals surface area contributed by atoms with Gasteiger partial charge in [0.1, 0.15) is 0 Å². The molecule has 0 unspecified atom stereocenters. The molecule has 0 amide bonds. The third-order valence-electron chi connectivity index (χ3n) is 1.96. The molecule has 0 aromatic heterocycles. The van der Waals surface area contributed by atoms with Gasteiger partial charge in [-0.2, -0.15) is 0 Å². The van der Waals surface area contributed by atoms with Crippen molar-refractivity contribution in [3.63, 3.8) is 0 Å². The third kappa shape index (κ3) is 3.16. The van der Waals surface area contributed by atoms with Crippen molar-refractivity contribution in [2.75, 3.05) is 26.9 Å². The van der Waals surface area contributed by atoms with E-state index in [1.807, 2.05) is 6.08 Å². The average Bonchev–Trinajstić information content (AvgIpc) is 2.07. The van der Waals surface area contributed by atoms with Crippen LogP contribution in [0.15, 0.2) is 11.6 Å². The van der Waals surface area contributed by atoms with Gasteiger partial charge in [0.25, 0.3) is 0 Å². The summed E-state index contributed by atoms with van der Waals surface area (Å²) in [6, 6.07) is 0.446. The van der Waals surface area contributed by atoms with E-state index in [4.69, 9.17) is 4.74 Å².